The Bertz CT molecular complexity index is 1770. The van der Waals surface area contributed by atoms with Gasteiger partial charge >= 0.3 is 6.09 Å². The second-order valence-electron chi connectivity index (χ2n) is 10.5. The fourth-order valence-corrected chi connectivity index (χ4v) is 6.86. The molecule has 3 aromatic heterocycles. The van der Waals surface area contributed by atoms with Crippen molar-refractivity contribution in [1.82, 2.24) is 35.1 Å². The first-order valence-corrected chi connectivity index (χ1v) is 14.1. The average Bonchev–Trinajstić information content (AvgIpc) is 3.41. The predicted molar refractivity (Wildman–Crippen MR) is 150 cm³/mol. The second-order valence-corrected chi connectivity index (χ2v) is 11.9. The van der Waals surface area contributed by atoms with Crippen molar-refractivity contribution < 1.29 is 24.2 Å². The van der Waals surface area contributed by atoms with E-state index in [0.717, 1.165) is 15.8 Å². The van der Waals surface area contributed by atoms with Gasteiger partial charge in [-0.3, -0.25) is 9.59 Å². The van der Waals surface area contributed by atoms with Crippen LogP contribution < -0.4 is 15.4 Å². The summed E-state index contributed by atoms with van der Waals surface area (Å²) in [6.07, 6.45) is 2.54. The van der Waals surface area contributed by atoms with E-state index in [1.54, 1.807) is 4.90 Å². The number of carbonyl (C=O) groups is 3. The van der Waals surface area contributed by atoms with Crippen molar-refractivity contribution in [2.75, 3.05) is 31.5 Å². The zero-order chi connectivity index (χ0) is 28.5. The second kappa shape index (κ2) is 9.38. The maximum absolute atomic E-state index is 13.2. The van der Waals surface area contributed by atoms with Crippen LogP contribution in [0.4, 0.5) is 10.5 Å². The number of carboxylic acid groups (broad SMARTS) is 1. The van der Waals surface area contributed by atoms with Crippen molar-refractivity contribution in [2.24, 2.45) is 5.41 Å². The first-order chi connectivity index (χ1) is 19.7. The smallest absolute Gasteiger partial charge is 0.407 e. The molecule has 0 aliphatic carbocycles. The fraction of sp³-hybridized carbons (Fsp3) is 0.346. The van der Waals surface area contributed by atoms with Crippen molar-refractivity contribution >= 4 is 67.7 Å². The molecule has 0 bridgehead atoms. The number of ether oxygens (including phenoxy) is 1. The molecule has 3 amide bonds. The Balaban J connectivity index is 1.16. The van der Waals surface area contributed by atoms with E-state index >= 15 is 0 Å². The number of halogens is 1. The lowest BCUT2D eigenvalue weighted by Crippen LogP contribution is -2.61. The van der Waals surface area contributed by atoms with Crippen LogP contribution in [0.15, 0.2) is 24.5 Å². The van der Waals surface area contributed by atoms with Gasteiger partial charge in [0.1, 0.15) is 4.88 Å². The molecule has 0 unspecified atom stereocenters. The van der Waals surface area contributed by atoms with Gasteiger partial charge in [0.15, 0.2) is 0 Å². The van der Waals surface area contributed by atoms with Crippen molar-refractivity contribution in [3.63, 3.8) is 0 Å². The van der Waals surface area contributed by atoms with Crippen molar-refractivity contribution in [3.8, 4) is 11.8 Å². The standard InChI is InChI=1S/C26H23ClN8O5S/c1-12-6-28-19-17-15(41-20(19)21(36)31-12)3-2-14-18(17)29-8-16(32-14)40-22-13(7-30-24(27)33-22)9-34-5-4-26(23(34)37)10-35(11-26)25(38)39/h2-3,7-8,12,28H,4-6,9-11H2,1H3,(H,31,36)(H,38,39)/t12-/m1/s1. The number of aromatic nitrogens is 4. The molecular formula is C26H23ClN8O5S. The van der Waals surface area contributed by atoms with E-state index in [-0.39, 0.29) is 54.5 Å². The SMILES string of the molecule is C[C@@H]1CNc2c(sc3ccc4nc(Oc5nc(Cl)ncc5CN5CCC6(CN(C(=O)O)C6)C5=O)cnc4c23)C(=O)N1. The predicted octanol–water partition coefficient (Wildman–Crippen LogP) is 3.34. The molecule has 7 rings (SSSR count). The van der Waals surface area contributed by atoms with Gasteiger partial charge in [0.25, 0.3) is 5.91 Å². The maximum atomic E-state index is 13.2. The molecule has 15 heteroatoms. The maximum Gasteiger partial charge on any atom is 0.407 e. The number of fused-ring (bicyclic) bond motifs is 5. The third-order valence-electron chi connectivity index (χ3n) is 7.73. The summed E-state index contributed by atoms with van der Waals surface area (Å²) in [5.41, 5.74) is 1.80. The highest BCUT2D eigenvalue weighted by Crippen LogP contribution is 2.42. The summed E-state index contributed by atoms with van der Waals surface area (Å²) in [6, 6.07) is 3.71. The number of carbonyl (C=O) groups excluding carboxylic acids is 2. The minimum Gasteiger partial charge on any atom is -0.465 e. The lowest BCUT2D eigenvalue weighted by atomic mass is 9.78. The lowest BCUT2D eigenvalue weighted by Gasteiger charge is -2.44. The zero-order valence-electron chi connectivity index (χ0n) is 21.7. The number of nitrogens with one attached hydrogen (secondary N) is 2. The van der Waals surface area contributed by atoms with Gasteiger partial charge in [0.05, 0.1) is 40.4 Å². The van der Waals surface area contributed by atoms with Gasteiger partial charge in [0.2, 0.25) is 23.0 Å². The molecule has 4 aromatic rings. The zero-order valence-corrected chi connectivity index (χ0v) is 23.3. The van der Waals surface area contributed by atoms with Crippen LogP contribution in [0.25, 0.3) is 21.1 Å². The normalized spacial score (nSPS) is 19.6. The van der Waals surface area contributed by atoms with E-state index in [4.69, 9.17) is 16.3 Å². The molecule has 1 spiro atoms. The Hall–Kier alpha value is -4.30. The summed E-state index contributed by atoms with van der Waals surface area (Å²) >= 11 is 7.48. The number of nitrogens with zero attached hydrogens (tertiary/aromatic N) is 6. The van der Waals surface area contributed by atoms with Gasteiger partial charge < -0.3 is 30.3 Å². The molecule has 2 saturated heterocycles. The fourth-order valence-electron chi connectivity index (χ4n) is 5.65. The first kappa shape index (κ1) is 25.7. The first-order valence-electron chi connectivity index (χ1n) is 12.9. The van der Waals surface area contributed by atoms with Crippen LogP contribution in [0.3, 0.4) is 0 Å². The molecule has 210 valence electrons. The van der Waals surface area contributed by atoms with E-state index in [2.05, 4.69) is 30.6 Å². The summed E-state index contributed by atoms with van der Waals surface area (Å²) in [4.78, 5) is 58.2. The van der Waals surface area contributed by atoms with Gasteiger partial charge in [-0.15, -0.1) is 11.3 Å². The van der Waals surface area contributed by atoms with Gasteiger partial charge in [-0.1, -0.05) is 0 Å². The highest BCUT2D eigenvalue weighted by molar-refractivity contribution is 7.21. The third-order valence-corrected chi connectivity index (χ3v) is 9.06. The van der Waals surface area contributed by atoms with E-state index in [1.165, 1.54) is 28.6 Å². The minimum absolute atomic E-state index is 0.0124. The van der Waals surface area contributed by atoms with Gasteiger partial charge in [-0.2, -0.15) is 4.98 Å². The molecule has 0 radical (unpaired) electrons. The summed E-state index contributed by atoms with van der Waals surface area (Å²) in [5, 5.41) is 16.3. The molecular weight excluding hydrogens is 572 g/mol. The van der Waals surface area contributed by atoms with Crippen LogP contribution in [0.1, 0.15) is 28.6 Å². The summed E-state index contributed by atoms with van der Waals surface area (Å²) in [7, 11) is 0. The van der Waals surface area contributed by atoms with Crippen molar-refractivity contribution in [2.45, 2.75) is 25.9 Å². The van der Waals surface area contributed by atoms with Gasteiger partial charge in [0, 0.05) is 48.5 Å². The molecule has 3 aliphatic heterocycles. The Morgan fingerprint density at radius 1 is 1.24 bits per heavy atom. The number of hydrogen-bond donors (Lipinski definition) is 3. The quantitative estimate of drug-likeness (QED) is 0.299. The number of benzene rings is 1. The van der Waals surface area contributed by atoms with Crippen LogP contribution in [-0.4, -0.2) is 85.0 Å². The molecule has 41 heavy (non-hydrogen) atoms. The average molecular weight is 595 g/mol. The number of thiophene rings is 1. The van der Waals surface area contributed by atoms with Crippen LogP contribution in [0, 0.1) is 5.41 Å². The van der Waals surface area contributed by atoms with Gasteiger partial charge in [-0.05, 0) is 37.1 Å². The molecule has 0 saturated carbocycles. The van der Waals surface area contributed by atoms with E-state index in [1.807, 2.05) is 19.1 Å². The summed E-state index contributed by atoms with van der Waals surface area (Å²) < 4.78 is 6.95. The molecule has 1 atom stereocenters. The van der Waals surface area contributed by atoms with E-state index in [0.29, 0.717) is 41.0 Å². The molecule has 2 fully saturated rings. The third kappa shape index (κ3) is 4.25. The minimum atomic E-state index is -1.02. The highest BCUT2D eigenvalue weighted by Gasteiger charge is 2.56. The molecule has 3 N–H and O–H groups in total. The van der Waals surface area contributed by atoms with Crippen LogP contribution >= 0.6 is 22.9 Å². The van der Waals surface area contributed by atoms with Crippen LogP contribution in [0.2, 0.25) is 5.28 Å². The summed E-state index contributed by atoms with van der Waals surface area (Å²) in [5.74, 6) is 0.101. The Labute approximate surface area is 241 Å². The van der Waals surface area contributed by atoms with E-state index < -0.39 is 11.5 Å². The Morgan fingerprint density at radius 2 is 2.07 bits per heavy atom. The van der Waals surface area contributed by atoms with Crippen molar-refractivity contribution in [1.29, 1.82) is 0 Å². The molecule has 6 heterocycles. The number of hydrogen-bond acceptors (Lipinski definition) is 10. The topological polar surface area (TPSA) is 163 Å². The monoisotopic (exact) mass is 594 g/mol. The van der Waals surface area contributed by atoms with E-state index in [9.17, 15) is 19.5 Å². The Kier molecular flexibility index (Phi) is 5.87. The largest absolute Gasteiger partial charge is 0.465 e. The Morgan fingerprint density at radius 3 is 2.88 bits per heavy atom. The van der Waals surface area contributed by atoms with Crippen molar-refractivity contribution in [3.05, 3.63) is 40.3 Å². The van der Waals surface area contributed by atoms with Gasteiger partial charge in [-0.25, -0.2) is 19.7 Å². The molecule has 1 aromatic carbocycles. The number of anilines is 1. The number of rotatable bonds is 4. The number of likely N-dealkylation sites (tertiary alicyclic amines) is 2. The highest BCUT2D eigenvalue weighted by atomic mass is 35.5. The molecule has 3 aliphatic rings. The summed E-state index contributed by atoms with van der Waals surface area (Å²) in [6.45, 7) is 3.59. The van der Waals surface area contributed by atoms with Crippen LogP contribution in [0.5, 0.6) is 11.8 Å². The number of amides is 3. The molecule has 13 nitrogen and oxygen atoms in total. The lowest BCUT2D eigenvalue weighted by molar-refractivity contribution is -0.143. The van der Waals surface area contributed by atoms with Crippen LogP contribution in [-0.2, 0) is 11.3 Å².